The molecule has 5 nitrogen and oxygen atoms in total. The highest BCUT2D eigenvalue weighted by Gasteiger charge is 2.19. The third-order valence-electron chi connectivity index (χ3n) is 3.45. The second-order valence-corrected chi connectivity index (χ2v) is 5.14. The van der Waals surface area contributed by atoms with Crippen molar-refractivity contribution in [1.29, 1.82) is 0 Å². The normalized spacial score (nSPS) is 19.1. The Morgan fingerprint density at radius 3 is 2.95 bits per heavy atom. The molecular formula is C16H20N2O3. The summed E-state index contributed by atoms with van der Waals surface area (Å²) in [5, 5.41) is 14.8. The summed E-state index contributed by atoms with van der Waals surface area (Å²) >= 11 is 0. The van der Waals surface area contributed by atoms with Crippen molar-refractivity contribution in [2.24, 2.45) is 0 Å². The van der Waals surface area contributed by atoms with Crippen molar-refractivity contribution in [1.82, 2.24) is 5.32 Å². The molecule has 1 aromatic rings. The van der Waals surface area contributed by atoms with Gasteiger partial charge in [0.25, 0.3) is 0 Å². The SMILES string of the molecule is O=C(O)/C=C/c1cccc(NC(=O)C2CCCCCN2)c1. The van der Waals surface area contributed by atoms with Crippen molar-refractivity contribution >= 4 is 23.6 Å². The van der Waals surface area contributed by atoms with Crippen LogP contribution in [0, 0.1) is 0 Å². The third kappa shape index (κ3) is 5.04. The summed E-state index contributed by atoms with van der Waals surface area (Å²) < 4.78 is 0. The number of carboxylic acids is 1. The Labute approximate surface area is 124 Å². The van der Waals surface area contributed by atoms with Crippen LogP contribution < -0.4 is 10.6 Å². The molecule has 21 heavy (non-hydrogen) atoms. The number of aliphatic carboxylic acids is 1. The average molecular weight is 288 g/mol. The number of hydrogen-bond donors (Lipinski definition) is 3. The largest absolute Gasteiger partial charge is 0.478 e. The molecule has 5 heteroatoms. The minimum atomic E-state index is -0.993. The van der Waals surface area contributed by atoms with Crippen molar-refractivity contribution in [2.45, 2.75) is 31.7 Å². The number of anilines is 1. The maximum atomic E-state index is 12.2. The molecule has 1 aromatic carbocycles. The second-order valence-electron chi connectivity index (χ2n) is 5.14. The van der Waals surface area contributed by atoms with E-state index in [1.54, 1.807) is 24.3 Å². The molecule has 2 rings (SSSR count). The van der Waals surface area contributed by atoms with Crippen LogP contribution in [0.5, 0.6) is 0 Å². The van der Waals surface area contributed by atoms with Crippen LogP contribution in [0.3, 0.4) is 0 Å². The van der Waals surface area contributed by atoms with Gasteiger partial charge in [-0.25, -0.2) is 4.79 Å². The average Bonchev–Trinajstić information content (AvgIpc) is 2.74. The van der Waals surface area contributed by atoms with Crippen molar-refractivity contribution in [2.75, 3.05) is 11.9 Å². The molecule has 1 aliphatic rings. The topological polar surface area (TPSA) is 78.4 Å². The molecule has 1 fully saturated rings. The first-order valence-corrected chi connectivity index (χ1v) is 7.20. The summed E-state index contributed by atoms with van der Waals surface area (Å²) in [4.78, 5) is 22.7. The second kappa shape index (κ2) is 7.59. The van der Waals surface area contributed by atoms with Crippen LogP contribution in [0.15, 0.2) is 30.3 Å². The number of carbonyl (C=O) groups excluding carboxylic acids is 1. The van der Waals surface area contributed by atoms with E-state index in [1.807, 2.05) is 0 Å². The van der Waals surface area contributed by atoms with Gasteiger partial charge in [-0.15, -0.1) is 0 Å². The fourth-order valence-electron chi connectivity index (χ4n) is 2.37. The van der Waals surface area contributed by atoms with Crippen molar-refractivity contribution in [3.8, 4) is 0 Å². The number of rotatable bonds is 4. The Morgan fingerprint density at radius 1 is 1.29 bits per heavy atom. The van der Waals surface area contributed by atoms with Crippen LogP contribution >= 0.6 is 0 Å². The van der Waals surface area contributed by atoms with E-state index in [0.717, 1.165) is 43.9 Å². The smallest absolute Gasteiger partial charge is 0.328 e. The molecule has 1 unspecified atom stereocenters. The summed E-state index contributed by atoms with van der Waals surface area (Å²) in [7, 11) is 0. The number of nitrogens with one attached hydrogen (secondary N) is 2. The molecule has 0 spiro atoms. The van der Waals surface area contributed by atoms with Gasteiger partial charge in [0.05, 0.1) is 6.04 Å². The fraction of sp³-hybridized carbons (Fsp3) is 0.375. The predicted molar refractivity (Wildman–Crippen MR) is 82.0 cm³/mol. The van der Waals surface area contributed by atoms with Gasteiger partial charge in [-0.2, -0.15) is 0 Å². The number of benzene rings is 1. The van der Waals surface area contributed by atoms with Gasteiger partial charge in [0.2, 0.25) is 5.91 Å². The monoisotopic (exact) mass is 288 g/mol. The summed E-state index contributed by atoms with van der Waals surface area (Å²) in [5.74, 6) is -1.02. The minimum Gasteiger partial charge on any atom is -0.478 e. The molecule has 0 aromatic heterocycles. The summed E-state index contributed by atoms with van der Waals surface area (Å²) in [5.41, 5.74) is 1.42. The van der Waals surface area contributed by atoms with Gasteiger partial charge in [-0.05, 0) is 43.2 Å². The van der Waals surface area contributed by atoms with Crippen LogP contribution in [0.25, 0.3) is 6.08 Å². The fourth-order valence-corrected chi connectivity index (χ4v) is 2.37. The highest BCUT2D eigenvalue weighted by molar-refractivity contribution is 5.95. The zero-order chi connectivity index (χ0) is 15.1. The van der Waals surface area contributed by atoms with Gasteiger partial charge < -0.3 is 15.7 Å². The van der Waals surface area contributed by atoms with Gasteiger partial charge in [0, 0.05) is 11.8 Å². The Kier molecular flexibility index (Phi) is 5.51. The number of hydrogen-bond acceptors (Lipinski definition) is 3. The molecule has 112 valence electrons. The zero-order valence-electron chi connectivity index (χ0n) is 11.8. The van der Waals surface area contributed by atoms with Gasteiger partial charge in [0.1, 0.15) is 0 Å². The van der Waals surface area contributed by atoms with E-state index in [1.165, 1.54) is 6.08 Å². The summed E-state index contributed by atoms with van der Waals surface area (Å²) in [6.07, 6.45) is 6.76. The summed E-state index contributed by atoms with van der Waals surface area (Å²) in [6, 6.07) is 6.99. The van der Waals surface area contributed by atoms with E-state index < -0.39 is 5.97 Å². The van der Waals surface area contributed by atoms with Crippen molar-refractivity contribution < 1.29 is 14.7 Å². The van der Waals surface area contributed by atoms with Crippen LogP contribution in [-0.2, 0) is 9.59 Å². The lowest BCUT2D eigenvalue weighted by Gasteiger charge is -2.15. The standard InChI is InChI=1S/C16H20N2O3/c19-15(20)9-8-12-5-4-6-13(11-12)18-16(21)14-7-2-1-3-10-17-14/h4-6,8-9,11,14,17H,1-3,7,10H2,(H,18,21)(H,19,20)/b9-8+. The lowest BCUT2D eigenvalue weighted by Crippen LogP contribution is -2.39. The quantitative estimate of drug-likeness (QED) is 0.743. The van der Waals surface area contributed by atoms with E-state index >= 15 is 0 Å². The molecule has 1 aliphatic heterocycles. The highest BCUT2D eigenvalue weighted by Crippen LogP contribution is 2.14. The first-order chi connectivity index (χ1) is 10.1. The van der Waals surface area contributed by atoms with Gasteiger partial charge in [0.15, 0.2) is 0 Å². The van der Waals surface area contributed by atoms with E-state index in [-0.39, 0.29) is 11.9 Å². The van der Waals surface area contributed by atoms with E-state index in [4.69, 9.17) is 5.11 Å². The number of amides is 1. The molecule has 0 radical (unpaired) electrons. The maximum Gasteiger partial charge on any atom is 0.328 e. The number of carboxylic acid groups (broad SMARTS) is 1. The Hall–Kier alpha value is -2.14. The van der Waals surface area contributed by atoms with Gasteiger partial charge in [-0.3, -0.25) is 4.79 Å². The Morgan fingerprint density at radius 2 is 2.14 bits per heavy atom. The van der Waals surface area contributed by atoms with Crippen LogP contribution in [0.1, 0.15) is 31.2 Å². The van der Waals surface area contributed by atoms with Crippen LogP contribution in [-0.4, -0.2) is 29.6 Å². The lowest BCUT2D eigenvalue weighted by molar-refractivity contribution is -0.131. The Balaban J connectivity index is 1.99. The van der Waals surface area contributed by atoms with E-state index in [2.05, 4.69) is 10.6 Å². The lowest BCUT2D eigenvalue weighted by atomic mass is 10.1. The van der Waals surface area contributed by atoms with Gasteiger partial charge in [-0.1, -0.05) is 25.0 Å². The van der Waals surface area contributed by atoms with Gasteiger partial charge >= 0.3 is 5.97 Å². The maximum absolute atomic E-state index is 12.2. The molecular weight excluding hydrogens is 268 g/mol. The molecule has 3 N–H and O–H groups in total. The molecule has 0 aliphatic carbocycles. The molecule has 0 saturated carbocycles. The predicted octanol–water partition coefficient (Wildman–Crippen LogP) is 2.26. The third-order valence-corrected chi connectivity index (χ3v) is 3.45. The van der Waals surface area contributed by atoms with Crippen molar-refractivity contribution in [3.63, 3.8) is 0 Å². The van der Waals surface area contributed by atoms with Crippen LogP contribution in [0.4, 0.5) is 5.69 Å². The van der Waals surface area contributed by atoms with Crippen LogP contribution in [0.2, 0.25) is 0 Å². The van der Waals surface area contributed by atoms with Crippen molar-refractivity contribution in [3.05, 3.63) is 35.9 Å². The van der Waals surface area contributed by atoms with E-state index in [9.17, 15) is 9.59 Å². The minimum absolute atomic E-state index is 0.0312. The van der Waals surface area contributed by atoms with E-state index in [0.29, 0.717) is 5.69 Å². The molecule has 1 heterocycles. The molecule has 1 saturated heterocycles. The molecule has 1 atom stereocenters. The summed E-state index contributed by atoms with van der Waals surface area (Å²) in [6.45, 7) is 0.874. The highest BCUT2D eigenvalue weighted by atomic mass is 16.4. The molecule has 1 amide bonds. The Bertz CT molecular complexity index is 532. The molecule has 0 bridgehead atoms. The first-order valence-electron chi connectivity index (χ1n) is 7.20. The zero-order valence-corrected chi connectivity index (χ0v) is 11.8. The number of carbonyl (C=O) groups is 2. The first kappa shape index (κ1) is 15.3.